The summed E-state index contributed by atoms with van der Waals surface area (Å²) in [5.41, 5.74) is 1.19. The molecule has 1 saturated heterocycles. The van der Waals surface area contributed by atoms with Crippen LogP contribution in [0.3, 0.4) is 0 Å². The summed E-state index contributed by atoms with van der Waals surface area (Å²) in [6, 6.07) is 10.3. The van der Waals surface area contributed by atoms with Gasteiger partial charge in [0.1, 0.15) is 0 Å². The Morgan fingerprint density at radius 1 is 1.31 bits per heavy atom. The SMILES string of the molecule is O=NN1CCCC1c1ccccc1. The second-order valence-corrected chi connectivity index (χ2v) is 3.31. The largest absolute Gasteiger partial charge is 0.253 e. The van der Waals surface area contributed by atoms with Crippen LogP contribution in [0, 0.1) is 4.91 Å². The number of benzene rings is 1. The van der Waals surface area contributed by atoms with E-state index in [1.165, 1.54) is 5.56 Å². The maximum atomic E-state index is 10.5. The summed E-state index contributed by atoms with van der Waals surface area (Å²) in [5.74, 6) is 0. The van der Waals surface area contributed by atoms with Gasteiger partial charge in [0.25, 0.3) is 0 Å². The van der Waals surface area contributed by atoms with Gasteiger partial charge in [-0.05, 0) is 18.4 Å². The molecule has 68 valence electrons. The molecule has 2 rings (SSSR count). The Hall–Kier alpha value is -1.38. The van der Waals surface area contributed by atoms with Crippen molar-refractivity contribution in [3.05, 3.63) is 40.8 Å². The minimum absolute atomic E-state index is 0.207. The minimum Gasteiger partial charge on any atom is -0.253 e. The van der Waals surface area contributed by atoms with Crippen LogP contribution in [0.15, 0.2) is 35.6 Å². The summed E-state index contributed by atoms with van der Waals surface area (Å²) >= 11 is 0. The van der Waals surface area contributed by atoms with E-state index in [2.05, 4.69) is 5.29 Å². The Labute approximate surface area is 77.3 Å². The van der Waals surface area contributed by atoms with Gasteiger partial charge in [0, 0.05) is 6.54 Å². The molecule has 1 aliphatic rings. The third-order valence-corrected chi connectivity index (χ3v) is 2.51. The lowest BCUT2D eigenvalue weighted by Crippen LogP contribution is -2.15. The third kappa shape index (κ3) is 1.54. The van der Waals surface area contributed by atoms with Crippen molar-refractivity contribution in [2.75, 3.05) is 6.54 Å². The average Bonchev–Trinajstić information content (AvgIpc) is 2.67. The molecule has 1 aromatic carbocycles. The summed E-state index contributed by atoms with van der Waals surface area (Å²) in [7, 11) is 0. The maximum absolute atomic E-state index is 10.5. The molecular weight excluding hydrogens is 164 g/mol. The van der Waals surface area contributed by atoms with Gasteiger partial charge >= 0.3 is 0 Å². The van der Waals surface area contributed by atoms with Gasteiger partial charge in [-0.25, -0.2) is 0 Å². The fraction of sp³-hybridized carbons (Fsp3) is 0.400. The van der Waals surface area contributed by atoms with Crippen LogP contribution in [-0.2, 0) is 0 Å². The lowest BCUT2D eigenvalue weighted by Gasteiger charge is -2.17. The zero-order valence-electron chi connectivity index (χ0n) is 7.39. The molecule has 0 spiro atoms. The summed E-state index contributed by atoms with van der Waals surface area (Å²) in [5, 5.41) is 4.66. The first-order chi connectivity index (χ1) is 6.42. The van der Waals surface area contributed by atoms with Gasteiger partial charge < -0.3 is 0 Å². The van der Waals surface area contributed by atoms with Gasteiger partial charge in [0.2, 0.25) is 0 Å². The van der Waals surface area contributed by atoms with Crippen molar-refractivity contribution in [1.29, 1.82) is 0 Å². The van der Waals surface area contributed by atoms with E-state index in [4.69, 9.17) is 0 Å². The molecule has 1 unspecified atom stereocenters. The zero-order chi connectivity index (χ0) is 9.10. The molecule has 0 N–H and O–H groups in total. The van der Waals surface area contributed by atoms with E-state index < -0.39 is 0 Å². The Kier molecular flexibility index (Phi) is 2.25. The van der Waals surface area contributed by atoms with Crippen molar-refractivity contribution >= 4 is 0 Å². The molecule has 1 aliphatic heterocycles. The third-order valence-electron chi connectivity index (χ3n) is 2.51. The topological polar surface area (TPSA) is 32.7 Å². The van der Waals surface area contributed by atoms with Crippen molar-refractivity contribution in [1.82, 2.24) is 5.01 Å². The van der Waals surface area contributed by atoms with Gasteiger partial charge in [0.05, 0.1) is 11.3 Å². The second kappa shape index (κ2) is 3.56. The molecule has 0 bridgehead atoms. The predicted molar refractivity (Wildman–Crippen MR) is 50.9 cm³/mol. The second-order valence-electron chi connectivity index (χ2n) is 3.31. The molecule has 1 heterocycles. The molecule has 0 radical (unpaired) electrons. The number of rotatable bonds is 2. The van der Waals surface area contributed by atoms with Crippen LogP contribution < -0.4 is 0 Å². The Morgan fingerprint density at radius 2 is 2.08 bits per heavy atom. The van der Waals surface area contributed by atoms with E-state index in [0.717, 1.165) is 19.4 Å². The van der Waals surface area contributed by atoms with Gasteiger partial charge in [-0.3, -0.25) is 5.01 Å². The van der Waals surface area contributed by atoms with Crippen molar-refractivity contribution in [2.45, 2.75) is 18.9 Å². The molecular formula is C10H12N2O. The van der Waals surface area contributed by atoms with Crippen LogP contribution in [0.5, 0.6) is 0 Å². The van der Waals surface area contributed by atoms with E-state index in [1.54, 1.807) is 5.01 Å². The van der Waals surface area contributed by atoms with Crippen LogP contribution in [0.25, 0.3) is 0 Å². The number of nitrogens with zero attached hydrogens (tertiary/aromatic N) is 2. The van der Waals surface area contributed by atoms with Crippen LogP contribution in [0.2, 0.25) is 0 Å². The minimum atomic E-state index is 0.207. The highest BCUT2D eigenvalue weighted by molar-refractivity contribution is 5.19. The van der Waals surface area contributed by atoms with Crippen molar-refractivity contribution in [3.8, 4) is 0 Å². The first-order valence-corrected chi connectivity index (χ1v) is 4.56. The van der Waals surface area contributed by atoms with E-state index in [-0.39, 0.29) is 6.04 Å². The maximum Gasteiger partial charge on any atom is 0.0752 e. The summed E-state index contributed by atoms with van der Waals surface area (Å²) in [6.45, 7) is 0.795. The van der Waals surface area contributed by atoms with Crippen LogP contribution >= 0.6 is 0 Å². The monoisotopic (exact) mass is 176 g/mol. The lowest BCUT2D eigenvalue weighted by atomic mass is 10.1. The number of nitroso groups, excluding NO2 is 1. The van der Waals surface area contributed by atoms with E-state index in [9.17, 15) is 4.91 Å². The highest BCUT2D eigenvalue weighted by Gasteiger charge is 2.25. The highest BCUT2D eigenvalue weighted by atomic mass is 16.3. The highest BCUT2D eigenvalue weighted by Crippen LogP contribution is 2.31. The Morgan fingerprint density at radius 3 is 2.77 bits per heavy atom. The van der Waals surface area contributed by atoms with E-state index >= 15 is 0 Å². The first-order valence-electron chi connectivity index (χ1n) is 4.56. The van der Waals surface area contributed by atoms with Gasteiger partial charge in [-0.15, -0.1) is 4.91 Å². The molecule has 0 amide bonds. The average molecular weight is 176 g/mol. The Balaban J connectivity index is 2.21. The first kappa shape index (κ1) is 8.23. The van der Waals surface area contributed by atoms with Crippen LogP contribution in [-0.4, -0.2) is 11.6 Å². The molecule has 1 atom stereocenters. The number of hydrogen-bond acceptors (Lipinski definition) is 2. The van der Waals surface area contributed by atoms with Gasteiger partial charge in [-0.2, -0.15) is 0 Å². The smallest absolute Gasteiger partial charge is 0.0752 e. The molecule has 1 fully saturated rings. The zero-order valence-corrected chi connectivity index (χ0v) is 7.39. The van der Waals surface area contributed by atoms with Gasteiger partial charge in [-0.1, -0.05) is 30.3 Å². The predicted octanol–water partition coefficient (Wildman–Crippen LogP) is 2.50. The lowest BCUT2D eigenvalue weighted by molar-refractivity contribution is 0.267. The van der Waals surface area contributed by atoms with Crippen molar-refractivity contribution in [3.63, 3.8) is 0 Å². The molecule has 13 heavy (non-hydrogen) atoms. The molecule has 0 aromatic heterocycles. The van der Waals surface area contributed by atoms with E-state index in [0.29, 0.717) is 0 Å². The fourth-order valence-electron chi connectivity index (χ4n) is 1.86. The molecule has 3 heteroatoms. The van der Waals surface area contributed by atoms with Gasteiger partial charge in [0.15, 0.2) is 0 Å². The summed E-state index contributed by atoms with van der Waals surface area (Å²) in [6.07, 6.45) is 2.10. The van der Waals surface area contributed by atoms with Crippen LogP contribution in [0.1, 0.15) is 24.4 Å². The Bertz CT molecular complexity index is 286. The fourth-order valence-corrected chi connectivity index (χ4v) is 1.86. The van der Waals surface area contributed by atoms with Crippen molar-refractivity contribution < 1.29 is 0 Å². The normalized spacial score (nSPS) is 21.8. The molecule has 3 nitrogen and oxygen atoms in total. The molecule has 1 aromatic rings. The van der Waals surface area contributed by atoms with Crippen LogP contribution in [0.4, 0.5) is 0 Å². The summed E-state index contributed by atoms with van der Waals surface area (Å²) in [4.78, 5) is 10.5. The standard InChI is InChI=1S/C10H12N2O/c13-11-12-8-4-7-10(12)9-5-2-1-3-6-9/h1-3,5-6,10H,4,7-8H2. The van der Waals surface area contributed by atoms with E-state index in [1.807, 2.05) is 30.3 Å². The molecule has 0 aliphatic carbocycles. The molecule has 0 saturated carbocycles. The quantitative estimate of drug-likeness (QED) is 0.648. The number of hydrogen-bond donors (Lipinski definition) is 0. The van der Waals surface area contributed by atoms with Crippen molar-refractivity contribution in [2.24, 2.45) is 5.29 Å². The summed E-state index contributed by atoms with van der Waals surface area (Å²) < 4.78 is 0.